The number of aryl methyl sites for hydroxylation is 1. The van der Waals surface area contributed by atoms with Gasteiger partial charge < -0.3 is 20.8 Å². The smallest absolute Gasteiger partial charge is 0.352 e. The van der Waals surface area contributed by atoms with Crippen molar-refractivity contribution in [2.24, 2.45) is 7.05 Å². The number of fused-ring (bicyclic) bond motifs is 1. The number of aromatic nitrogens is 4. The number of carbonyl (C=O) groups excluding carboxylic acids is 3. The van der Waals surface area contributed by atoms with E-state index in [1.165, 1.54) is 33.1 Å². The normalized spacial score (nSPS) is 18.9. The standard InChI is InChI=1S/C27H33N7O7S2/c1-27(2,3)16-10-8-14(9-11-16)21(36)28-17(24(38)39)6-5-7-18(35)29-19-22(37)34-20(25(40)41)15(12-42-23(19)34)13-43-26-30-31-32-33(26)4/h8-11,17,19,23H,5-7,12-13H2,1-4H3,(H,28,36)(H,29,35)(H,38,39)(H,40,41)/t17-,19-,23-/m1/s1. The molecule has 0 saturated carbocycles. The molecule has 1 aromatic carbocycles. The Balaban J connectivity index is 1.28. The minimum atomic E-state index is -1.23. The molecule has 4 rings (SSSR count). The summed E-state index contributed by atoms with van der Waals surface area (Å²) in [6.45, 7) is 6.14. The SMILES string of the molecule is Cn1nnnc1SCC1=C(C(=O)O)N2C(=O)[C@@H](NC(=O)CCC[C@@H](NC(=O)c3ccc(C(C)(C)C)cc3)C(=O)O)[C@H]2SC1. The van der Waals surface area contributed by atoms with Crippen LogP contribution < -0.4 is 10.6 Å². The second-order valence-corrected chi connectivity index (χ2v) is 13.2. The van der Waals surface area contributed by atoms with Gasteiger partial charge in [-0.05, 0) is 52.0 Å². The molecule has 2 aliphatic heterocycles. The summed E-state index contributed by atoms with van der Waals surface area (Å²) in [7, 11) is 1.66. The first-order chi connectivity index (χ1) is 20.3. The third kappa shape index (κ3) is 7.36. The third-order valence-corrected chi connectivity index (χ3v) is 9.47. The Kier molecular flexibility index (Phi) is 9.79. The number of carboxylic acids is 2. The van der Waals surface area contributed by atoms with Crippen LogP contribution in [0.25, 0.3) is 0 Å². The minimum absolute atomic E-state index is 0.00541. The summed E-state index contributed by atoms with van der Waals surface area (Å²) in [5.41, 5.74) is 1.72. The van der Waals surface area contributed by atoms with E-state index in [0.29, 0.717) is 22.0 Å². The molecule has 0 unspecified atom stereocenters. The van der Waals surface area contributed by atoms with Gasteiger partial charge in [-0.1, -0.05) is 44.7 Å². The highest BCUT2D eigenvalue weighted by Crippen LogP contribution is 2.41. The number of hydrogen-bond acceptors (Lipinski definition) is 10. The van der Waals surface area contributed by atoms with Crippen molar-refractivity contribution in [3.05, 3.63) is 46.7 Å². The zero-order valence-electron chi connectivity index (χ0n) is 24.1. The lowest BCUT2D eigenvalue weighted by Gasteiger charge is -2.49. The van der Waals surface area contributed by atoms with E-state index in [1.807, 2.05) is 32.9 Å². The lowest BCUT2D eigenvalue weighted by Crippen LogP contribution is -2.70. The number of carboxylic acid groups (broad SMARTS) is 2. The minimum Gasteiger partial charge on any atom is -0.480 e. The molecule has 0 spiro atoms. The summed E-state index contributed by atoms with van der Waals surface area (Å²) >= 11 is 2.60. The molecule has 230 valence electrons. The number of aliphatic carboxylic acids is 2. The molecular weight excluding hydrogens is 598 g/mol. The highest BCUT2D eigenvalue weighted by molar-refractivity contribution is 8.01. The number of nitrogens with zero attached hydrogens (tertiary/aromatic N) is 5. The summed E-state index contributed by atoms with van der Waals surface area (Å²) in [5, 5.41) is 35.7. The Hall–Kier alpha value is -3.92. The molecule has 16 heteroatoms. The van der Waals surface area contributed by atoms with E-state index in [0.717, 1.165) is 5.56 Å². The molecule has 1 saturated heterocycles. The molecule has 14 nitrogen and oxygen atoms in total. The Morgan fingerprint density at radius 3 is 2.44 bits per heavy atom. The average molecular weight is 632 g/mol. The number of nitrogens with one attached hydrogen (secondary N) is 2. The van der Waals surface area contributed by atoms with Crippen LogP contribution in [0, 0.1) is 0 Å². The largest absolute Gasteiger partial charge is 0.480 e. The zero-order chi connectivity index (χ0) is 31.5. The fourth-order valence-corrected chi connectivity index (χ4v) is 6.96. The maximum absolute atomic E-state index is 12.9. The van der Waals surface area contributed by atoms with Crippen LogP contribution in [-0.2, 0) is 31.6 Å². The van der Waals surface area contributed by atoms with Crippen molar-refractivity contribution in [1.29, 1.82) is 0 Å². The van der Waals surface area contributed by atoms with Gasteiger partial charge in [0, 0.05) is 30.5 Å². The van der Waals surface area contributed by atoms with Gasteiger partial charge in [0.25, 0.3) is 11.8 Å². The molecule has 2 aliphatic rings. The van der Waals surface area contributed by atoms with Crippen LogP contribution in [0.2, 0.25) is 0 Å². The molecule has 1 aromatic heterocycles. The number of rotatable bonds is 12. The van der Waals surface area contributed by atoms with E-state index in [-0.39, 0.29) is 36.1 Å². The highest BCUT2D eigenvalue weighted by Gasteiger charge is 2.54. The second-order valence-electron chi connectivity index (χ2n) is 11.2. The van der Waals surface area contributed by atoms with Crippen molar-refractivity contribution in [2.45, 2.75) is 68.1 Å². The lowest BCUT2D eigenvalue weighted by atomic mass is 9.86. The van der Waals surface area contributed by atoms with E-state index in [4.69, 9.17) is 0 Å². The summed E-state index contributed by atoms with van der Waals surface area (Å²) in [6.07, 6.45) is 0.0782. The molecule has 3 amide bonds. The van der Waals surface area contributed by atoms with E-state index < -0.39 is 47.1 Å². The summed E-state index contributed by atoms with van der Waals surface area (Å²) < 4.78 is 1.46. The van der Waals surface area contributed by atoms with Gasteiger partial charge in [0.1, 0.15) is 23.2 Å². The van der Waals surface area contributed by atoms with E-state index in [2.05, 4.69) is 26.2 Å². The zero-order valence-corrected chi connectivity index (χ0v) is 25.7. The van der Waals surface area contributed by atoms with Crippen LogP contribution in [0.3, 0.4) is 0 Å². The molecule has 0 radical (unpaired) electrons. The number of β-lactam (4-membered cyclic amide) rings is 1. The van der Waals surface area contributed by atoms with Crippen LogP contribution in [-0.4, -0.2) is 93.9 Å². The maximum atomic E-state index is 12.9. The van der Waals surface area contributed by atoms with Crippen molar-refractivity contribution in [3.63, 3.8) is 0 Å². The number of tetrazole rings is 1. The van der Waals surface area contributed by atoms with Crippen LogP contribution in [0.5, 0.6) is 0 Å². The molecule has 43 heavy (non-hydrogen) atoms. The van der Waals surface area contributed by atoms with Gasteiger partial charge in [-0.15, -0.1) is 16.9 Å². The van der Waals surface area contributed by atoms with E-state index in [1.54, 1.807) is 19.2 Å². The summed E-state index contributed by atoms with van der Waals surface area (Å²) in [5.74, 6) is -3.36. The first-order valence-electron chi connectivity index (χ1n) is 13.5. The van der Waals surface area contributed by atoms with Gasteiger partial charge in [-0.2, -0.15) is 0 Å². The molecule has 4 N–H and O–H groups in total. The first kappa shape index (κ1) is 32.0. The molecule has 0 bridgehead atoms. The second kappa shape index (κ2) is 13.2. The topological polar surface area (TPSA) is 197 Å². The Morgan fingerprint density at radius 1 is 1.16 bits per heavy atom. The number of carbonyl (C=O) groups is 5. The predicted octanol–water partition coefficient (Wildman–Crippen LogP) is 1.39. The fraction of sp³-hybridized carbons (Fsp3) is 0.481. The lowest BCUT2D eigenvalue weighted by molar-refractivity contribution is -0.150. The van der Waals surface area contributed by atoms with Crippen LogP contribution in [0.1, 0.15) is 56.0 Å². The molecule has 2 aromatic rings. The quantitative estimate of drug-likeness (QED) is 0.194. The van der Waals surface area contributed by atoms with Crippen molar-refractivity contribution in [2.75, 3.05) is 11.5 Å². The van der Waals surface area contributed by atoms with Crippen molar-refractivity contribution >= 4 is 53.2 Å². The monoisotopic (exact) mass is 631 g/mol. The fourth-order valence-electron chi connectivity index (χ4n) is 4.62. The summed E-state index contributed by atoms with van der Waals surface area (Å²) in [6, 6.07) is 4.85. The average Bonchev–Trinajstić information content (AvgIpc) is 3.37. The van der Waals surface area contributed by atoms with Crippen LogP contribution >= 0.6 is 23.5 Å². The maximum Gasteiger partial charge on any atom is 0.352 e. The molecular formula is C27H33N7O7S2. The third-order valence-electron chi connectivity index (χ3n) is 7.04. The van der Waals surface area contributed by atoms with Gasteiger partial charge in [0.15, 0.2) is 0 Å². The molecule has 3 heterocycles. The van der Waals surface area contributed by atoms with Crippen molar-refractivity contribution in [3.8, 4) is 0 Å². The molecule has 1 fully saturated rings. The Morgan fingerprint density at radius 2 is 1.86 bits per heavy atom. The predicted molar refractivity (Wildman–Crippen MR) is 157 cm³/mol. The molecule has 0 aliphatic carbocycles. The van der Waals surface area contributed by atoms with E-state index in [9.17, 15) is 34.2 Å². The number of hydrogen-bond donors (Lipinski definition) is 4. The van der Waals surface area contributed by atoms with Gasteiger partial charge >= 0.3 is 11.9 Å². The number of amides is 3. The van der Waals surface area contributed by atoms with Gasteiger partial charge in [0.05, 0.1) is 0 Å². The number of benzene rings is 1. The van der Waals surface area contributed by atoms with Gasteiger partial charge in [0.2, 0.25) is 11.1 Å². The first-order valence-corrected chi connectivity index (χ1v) is 15.5. The Bertz CT molecular complexity index is 1450. The van der Waals surface area contributed by atoms with Crippen LogP contribution in [0.4, 0.5) is 0 Å². The van der Waals surface area contributed by atoms with Gasteiger partial charge in [-0.3, -0.25) is 19.3 Å². The van der Waals surface area contributed by atoms with Crippen LogP contribution in [0.15, 0.2) is 40.7 Å². The summed E-state index contributed by atoms with van der Waals surface area (Å²) in [4.78, 5) is 63.2. The van der Waals surface area contributed by atoms with Crippen molar-refractivity contribution < 1.29 is 34.2 Å². The van der Waals surface area contributed by atoms with E-state index >= 15 is 0 Å². The highest BCUT2D eigenvalue weighted by atomic mass is 32.2. The Labute approximate surface area is 256 Å². The number of thioether (sulfide) groups is 2. The molecule has 3 atom stereocenters. The van der Waals surface area contributed by atoms with Crippen molar-refractivity contribution in [1.82, 2.24) is 35.7 Å². The van der Waals surface area contributed by atoms with Gasteiger partial charge in [-0.25, -0.2) is 14.3 Å².